The van der Waals surface area contributed by atoms with Crippen LogP contribution >= 0.6 is 0 Å². The maximum absolute atomic E-state index is 4.40. The smallest absolute Gasteiger partial charge is 0.101 e. The van der Waals surface area contributed by atoms with Crippen molar-refractivity contribution >= 4 is 11.5 Å². The standard InChI is InChI=1S/C10H14N2/c1-9(12(2)3)11-10-7-5-4-6-8-10/h4-8H,1-3H3. The van der Waals surface area contributed by atoms with Crippen LogP contribution in [0.1, 0.15) is 6.92 Å². The highest BCUT2D eigenvalue weighted by molar-refractivity contribution is 5.81. The number of rotatable bonds is 1. The highest BCUT2D eigenvalue weighted by Crippen LogP contribution is 2.10. The van der Waals surface area contributed by atoms with Crippen LogP contribution in [0.5, 0.6) is 0 Å². The Kier molecular flexibility index (Phi) is 2.86. The SMILES string of the molecule is CC(=Nc1ccccc1)N(C)C. The molecule has 0 saturated carbocycles. The largest absolute Gasteiger partial charge is 0.366 e. The number of benzene rings is 1. The van der Waals surface area contributed by atoms with Crippen molar-refractivity contribution in [3.63, 3.8) is 0 Å². The predicted molar refractivity (Wildman–Crippen MR) is 52.9 cm³/mol. The fourth-order valence-electron chi connectivity index (χ4n) is 0.789. The lowest BCUT2D eigenvalue weighted by molar-refractivity contribution is 0.619. The van der Waals surface area contributed by atoms with Crippen molar-refractivity contribution in [1.29, 1.82) is 0 Å². The Morgan fingerprint density at radius 1 is 1.17 bits per heavy atom. The third kappa shape index (κ3) is 2.38. The summed E-state index contributed by atoms with van der Waals surface area (Å²) in [5.74, 6) is 1.02. The lowest BCUT2D eigenvalue weighted by atomic mass is 10.3. The summed E-state index contributed by atoms with van der Waals surface area (Å²) >= 11 is 0. The molecule has 0 amide bonds. The van der Waals surface area contributed by atoms with Crippen LogP contribution in [-0.4, -0.2) is 24.8 Å². The van der Waals surface area contributed by atoms with Gasteiger partial charge in [0.1, 0.15) is 5.84 Å². The molecule has 0 N–H and O–H groups in total. The molecule has 0 unspecified atom stereocenters. The van der Waals surface area contributed by atoms with E-state index in [4.69, 9.17) is 0 Å². The molecule has 0 bridgehead atoms. The molecule has 64 valence electrons. The molecule has 12 heavy (non-hydrogen) atoms. The molecule has 0 atom stereocenters. The third-order valence-corrected chi connectivity index (χ3v) is 1.69. The van der Waals surface area contributed by atoms with Crippen molar-refractivity contribution < 1.29 is 0 Å². The number of para-hydroxylation sites is 1. The van der Waals surface area contributed by atoms with E-state index in [1.165, 1.54) is 0 Å². The maximum atomic E-state index is 4.40. The Bertz CT molecular complexity index is 262. The minimum absolute atomic E-state index is 1.00. The van der Waals surface area contributed by atoms with E-state index in [0.29, 0.717) is 0 Å². The molecular weight excluding hydrogens is 148 g/mol. The fraction of sp³-hybridized carbons (Fsp3) is 0.300. The zero-order valence-electron chi connectivity index (χ0n) is 7.78. The summed E-state index contributed by atoms with van der Waals surface area (Å²) < 4.78 is 0. The first-order chi connectivity index (χ1) is 5.70. The van der Waals surface area contributed by atoms with Gasteiger partial charge in [0.2, 0.25) is 0 Å². The molecule has 0 heterocycles. The Hall–Kier alpha value is -1.31. The van der Waals surface area contributed by atoms with Crippen LogP contribution in [0.3, 0.4) is 0 Å². The molecule has 0 aromatic heterocycles. The van der Waals surface area contributed by atoms with Gasteiger partial charge in [0.25, 0.3) is 0 Å². The van der Waals surface area contributed by atoms with Crippen molar-refractivity contribution in [2.75, 3.05) is 14.1 Å². The van der Waals surface area contributed by atoms with Gasteiger partial charge in [-0.25, -0.2) is 4.99 Å². The Balaban J connectivity index is 2.81. The molecule has 1 aromatic carbocycles. The predicted octanol–water partition coefficient (Wildman–Crippen LogP) is 2.30. The summed E-state index contributed by atoms with van der Waals surface area (Å²) in [5.41, 5.74) is 1.00. The normalized spacial score (nSPS) is 11.4. The monoisotopic (exact) mass is 162 g/mol. The Labute approximate surface area is 73.5 Å². The quantitative estimate of drug-likeness (QED) is 0.457. The molecular formula is C10H14N2. The minimum Gasteiger partial charge on any atom is -0.366 e. The summed E-state index contributed by atoms with van der Waals surface area (Å²) in [6, 6.07) is 9.95. The highest BCUT2D eigenvalue weighted by atomic mass is 15.1. The molecule has 1 aromatic rings. The van der Waals surface area contributed by atoms with Crippen LogP contribution in [0.25, 0.3) is 0 Å². The lowest BCUT2D eigenvalue weighted by Crippen LogP contribution is -2.17. The third-order valence-electron chi connectivity index (χ3n) is 1.69. The second kappa shape index (κ2) is 3.90. The first-order valence-corrected chi connectivity index (χ1v) is 3.98. The van der Waals surface area contributed by atoms with Gasteiger partial charge in [-0.15, -0.1) is 0 Å². The molecule has 0 spiro atoms. The van der Waals surface area contributed by atoms with Crippen LogP contribution in [-0.2, 0) is 0 Å². The molecule has 2 heteroatoms. The average molecular weight is 162 g/mol. The Morgan fingerprint density at radius 2 is 1.75 bits per heavy atom. The van der Waals surface area contributed by atoms with Gasteiger partial charge < -0.3 is 4.90 Å². The summed E-state index contributed by atoms with van der Waals surface area (Å²) in [5, 5.41) is 0. The molecule has 0 fully saturated rings. The molecule has 0 radical (unpaired) electrons. The summed E-state index contributed by atoms with van der Waals surface area (Å²) in [4.78, 5) is 6.39. The zero-order valence-corrected chi connectivity index (χ0v) is 7.78. The van der Waals surface area contributed by atoms with Gasteiger partial charge >= 0.3 is 0 Å². The van der Waals surface area contributed by atoms with E-state index in [1.807, 2.05) is 56.3 Å². The molecule has 2 nitrogen and oxygen atoms in total. The molecule has 1 rings (SSSR count). The number of hydrogen-bond donors (Lipinski definition) is 0. The summed E-state index contributed by atoms with van der Waals surface area (Å²) in [7, 11) is 3.98. The second-order valence-corrected chi connectivity index (χ2v) is 2.89. The van der Waals surface area contributed by atoms with Gasteiger partial charge in [-0.1, -0.05) is 18.2 Å². The van der Waals surface area contributed by atoms with Gasteiger partial charge in [-0.3, -0.25) is 0 Å². The van der Waals surface area contributed by atoms with Gasteiger partial charge in [-0.05, 0) is 19.1 Å². The van der Waals surface area contributed by atoms with Crippen LogP contribution in [0, 0.1) is 0 Å². The molecule has 0 aliphatic heterocycles. The number of hydrogen-bond acceptors (Lipinski definition) is 1. The maximum Gasteiger partial charge on any atom is 0.101 e. The first kappa shape index (κ1) is 8.78. The van der Waals surface area contributed by atoms with Crippen molar-refractivity contribution in [3.8, 4) is 0 Å². The zero-order chi connectivity index (χ0) is 8.97. The van der Waals surface area contributed by atoms with E-state index in [-0.39, 0.29) is 0 Å². The van der Waals surface area contributed by atoms with E-state index in [9.17, 15) is 0 Å². The number of amidine groups is 1. The van der Waals surface area contributed by atoms with E-state index in [2.05, 4.69) is 4.99 Å². The van der Waals surface area contributed by atoms with Crippen LogP contribution in [0.15, 0.2) is 35.3 Å². The van der Waals surface area contributed by atoms with Crippen molar-refractivity contribution in [2.24, 2.45) is 4.99 Å². The highest BCUT2D eigenvalue weighted by Gasteiger charge is 1.92. The van der Waals surface area contributed by atoms with Crippen molar-refractivity contribution in [2.45, 2.75) is 6.92 Å². The summed E-state index contributed by atoms with van der Waals surface area (Å²) in [6.45, 7) is 1.99. The van der Waals surface area contributed by atoms with Crippen LogP contribution in [0.4, 0.5) is 5.69 Å². The van der Waals surface area contributed by atoms with E-state index in [1.54, 1.807) is 0 Å². The van der Waals surface area contributed by atoms with E-state index in [0.717, 1.165) is 11.5 Å². The van der Waals surface area contributed by atoms with Gasteiger partial charge in [0, 0.05) is 14.1 Å². The first-order valence-electron chi connectivity index (χ1n) is 3.98. The topological polar surface area (TPSA) is 15.6 Å². The number of aliphatic imine (C=N–C) groups is 1. The fourth-order valence-corrected chi connectivity index (χ4v) is 0.789. The van der Waals surface area contributed by atoms with Gasteiger partial charge in [0.15, 0.2) is 0 Å². The lowest BCUT2D eigenvalue weighted by Gasteiger charge is -2.10. The number of nitrogens with zero attached hydrogens (tertiary/aromatic N) is 2. The average Bonchev–Trinajstić information content (AvgIpc) is 2.06. The van der Waals surface area contributed by atoms with E-state index < -0.39 is 0 Å². The van der Waals surface area contributed by atoms with Crippen LogP contribution in [0.2, 0.25) is 0 Å². The van der Waals surface area contributed by atoms with Crippen molar-refractivity contribution in [3.05, 3.63) is 30.3 Å². The Morgan fingerprint density at radius 3 is 2.25 bits per heavy atom. The van der Waals surface area contributed by atoms with E-state index >= 15 is 0 Å². The molecule has 0 saturated heterocycles. The van der Waals surface area contributed by atoms with Gasteiger partial charge in [0.05, 0.1) is 5.69 Å². The molecule has 0 aliphatic carbocycles. The summed E-state index contributed by atoms with van der Waals surface area (Å²) in [6.07, 6.45) is 0. The second-order valence-electron chi connectivity index (χ2n) is 2.89. The van der Waals surface area contributed by atoms with Crippen LogP contribution < -0.4 is 0 Å². The van der Waals surface area contributed by atoms with Crippen molar-refractivity contribution in [1.82, 2.24) is 4.90 Å². The van der Waals surface area contributed by atoms with Gasteiger partial charge in [-0.2, -0.15) is 0 Å². The minimum atomic E-state index is 1.00. The molecule has 0 aliphatic rings.